The lowest BCUT2D eigenvalue weighted by atomic mass is 10.2. The van der Waals surface area contributed by atoms with Gasteiger partial charge in [-0.1, -0.05) is 12.1 Å². The van der Waals surface area contributed by atoms with Crippen molar-refractivity contribution in [1.82, 2.24) is 9.47 Å². The number of hydrogen-bond acceptors (Lipinski definition) is 5. The molecule has 0 bridgehead atoms. The van der Waals surface area contributed by atoms with E-state index in [0.717, 1.165) is 49.7 Å². The summed E-state index contributed by atoms with van der Waals surface area (Å²) in [6.07, 6.45) is 0. The minimum absolute atomic E-state index is 0.541. The molecule has 0 saturated carbocycles. The molecule has 130 valence electrons. The van der Waals surface area contributed by atoms with Crippen LogP contribution in [0.15, 0.2) is 52.9 Å². The summed E-state index contributed by atoms with van der Waals surface area (Å²) in [6, 6.07) is 16.3. The molecule has 1 saturated heterocycles. The molecular weight excluding hydrogens is 334 g/mol. The molecule has 0 unspecified atom stereocenters. The van der Waals surface area contributed by atoms with Crippen LogP contribution in [0.4, 0.5) is 5.69 Å². The number of para-hydroxylation sites is 2. The van der Waals surface area contributed by atoms with Crippen molar-refractivity contribution in [2.24, 2.45) is 0 Å². The van der Waals surface area contributed by atoms with Crippen LogP contribution < -0.4 is 9.64 Å². The SMILES string of the molecule is COc1ccc(N2CCN(Cn3c(=S)oc4ccccc43)CC2)cc1. The molecule has 4 rings (SSSR count). The highest BCUT2D eigenvalue weighted by molar-refractivity contribution is 7.71. The van der Waals surface area contributed by atoms with Crippen molar-refractivity contribution in [3.05, 3.63) is 53.4 Å². The van der Waals surface area contributed by atoms with Crippen molar-refractivity contribution in [1.29, 1.82) is 0 Å². The lowest BCUT2D eigenvalue weighted by molar-refractivity contribution is 0.204. The van der Waals surface area contributed by atoms with Crippen molar-refractivity contribution >= 4 is 29.0 Å². The van der Waals surface area contributed by atoms with E-state index in [1.54, 1.807) is 7.11 Å². The Morgan fingerprint density at radius 1 is 1.00 bits per heavy atom. The number of aromatic nitrogens is 1. The predicted octanol–water partition coefficient (Wildman–Crippen LogP) is 3.75. The zero-order valence-corrected chi connectivity index (χ0v) is 15.0. The van der Waals surface area contributed by atoms with Crippen molar-refractivity contribution in [3.63, 3.8) is 0 Å². The Kier molecular flexibility index (Phi) is 4.46. The second kappa shape index (κ2) is 6.90. The lowest BCUT2D eigenvalue weighted by Gasteiger charge is -2.36. The minimum atomic E-state index is 0.541. The fraction of sp³-hybridized carbons (Fsp3) is 0.316. The normalized spacial score (nSPS) is 15.6. The summed E-state index contributed by atoms with van der Waals surface area (Å²) in [7, 11) is 1.69. The van der Waals surface area contributed by atoms with Gasteiger partial charge in [0.2, 0.25) is 0 Å². The first kappa shape index (κ1) is 16.2. The lowest BCUT2D eigenvalue weighted by Crippen LogP contribution is -2.46. The van der Waals surface area contributed by atoms with Crippen molar-refractivity contribution in [2.45, 2.75) is 6.67 Å². The molecule has 1 aliphatic rings. The van der Waals surface area contributed by atoms with Crippen LogP contribution in [-0.2, 0) is 6.67 Å². The number of piperazine rings is 1. The van der Waals surface area contributed by atoms with Gasteiger partial charge in [-0.2, -0.15) is 0 Å². The molecule has 6 heteroatoms. The molecule has 1 fully saturated rings. The molecule has 1 aromatic heterocycles. The third-order valence-corrected chi connectivity index (χ3v) is 5.03. The highest BCUT2D eigenvalue weighted by Crippen LogP contribution is 2.22. The van der Waals surface area contributed by atoms with Gasteiger partial charge in [-0.05, 0) is 48.6 Å². The van der Waals surface area contributed by atoms with E-state index in [9.17, 15) is 0 Å². The minimum Gasteiger partial charge on any atom is -0.497 e. The van der Waals surface area contributed by atoms with Gasteiger partial charge in [0.15, 0.2) is 5.58 Å². The second-order valence-electron chi connectivity index (χ2n) is 6.21. The molecule has 0 radical (unpaired) electrons. The number of hydrogen-bond donors (Lipinski definition) is 0. The van der Waals surface area contributed by atoms with Crippen LogP contribution in [-0.4, -0.2) is 42.8 Å². The molecule has 0 spiro atoms. The largest absolute Gasteiger partial charge is 0.497 e. The van der Waals surface area contributed by atoms with Crippen LogP contribution in [0.25, 0.3) is 11.1 Å². The third-order valence-electron chi connectivity index (χ3n) is 4.72. The first-order valence-corrected chi connectivity index (χ1v) is 8.85. The summed E-state index contributed by atoms with van der Waals surface area (Å²) in [5.41, 5.74) is 3.15. The van der Waals surface area contributed by atoms with Gasteiger partial charge in [0.05, 0.1) is 19.3 Å². The number of anilines is 1. The van der Waals surface area contributed by atoms with E-state index in [-0.39, 0.29) is 0 Å². The first-order valence-electron chi connectivity index (χ1n) is 8.44. The van der Waals surface area contributed by atoms with Crippen molar-refractivity contribution < 1.29 is 9.15 Å². The number of rotatable bonds is 4. The fourth-order valence-corrected chi connectivity index (χ4v) is 3.53. The molecule has 0 N–H and O–H groups in total. The Morgan fingerprint density at radius 3 is 2.44 bits per heavy atom. The average Bonchev–Trinajstić information content (AvgIpc) is 2.98. The first-order chi connectivity index (χ1) is 12.2. The summed E-state index contributed by atoms with van der Waals surface area (Å²) >= 11 is 5.39. The maximum atomic E-state index is 5.68. The molecule has 0 amide bonds. The Morgan fingerprint density at radius 2 is 1.72 bits per heavy atom. The van der Waals surface area contributed by atoms with Gasteiger partial charge in [0, 0.05) is 31.9 Å². The van der Waals surface area contributed by atoms with Gasteiger partial charge in [-0.3, -0.25) is 9.47 Å². The molecule has 0 atom stereocenters. The van der Waals surface area contributed by atoms with Gasteiger partial charge in [-0.15, -0.1) is 0 Å². The smallest absolute Gasteiger partial charge is 0.270 e. The molecule has 3 aromatic rings. The van der Waals surface area contributed by atoms with Gasteiger partial charge < -0.3 is 14.1 Å². The molecule has 1 aliphatic heterocycles. The van der Waals surface area contributed by atoms with E-state index in [0.29, 0.717) is 4.84 Å². The number of benzene rings is 2. The summed E-state index contributed by atoms with van der Waals surface area (Å²) < 4.78 is 13.0. The van der Waals surface area contributed by atoms with Crippen LogP contribution in [0, 0.1) is 4.84 Å². The second-order valence-corrected chi connectivity index (χ2v) is 6.56. The Balaban J connectivity index is 1.43. The Labute approximate surface area is 152 Å². The number of oxazole rings is 1. The fourth-order valence-electron chi connectivity index (χ4n) is 3.29. The quantitative estimate of drug-likeness (QED) is 0.666. The topological polar surface area (TPSA) is 33.8 Å². The van der Waals surface area contributed by atoms with Crippen LogP contribution in [0.1, 0.15) is 0 Å². The standard InChI is InChI=1S/C19H21N3O2S/c1-23-16-8-6-15(7-9-16)21-12-10-20(11-13-21)14-22-17-4-2-3-5-18(17)24-19(22)25/h2-9H,10-14H2,1H3. The molecule has 5 nitrogen and oxygen atoms in total. The maximum absolute atomic E-state index is 5.68. The van der Waals surface area contributed by atoms with E-state index in [2.05, 4.69) is 32.6 Å². The molecule has 0 aliphatic carbocycles. The third kappa shape index (κ3) is 3.27. The summed E-state index contributed by atoms with van der Waals surface area (Å²) in [5, 5.41) is 0. The maximum Gasteiger partial charge on any atom is 0.270 e. The van der Waals surface area contributed by atoms with Crippen LogP contribution in [0.3, 0.4) is 0 Å². The van der Waals surface area contributed by atoms with Gasteiger partial charge in [-0.25, -0.2) is 0 Å². The zero-order valence-electron chi connectivity index (χ0n) is 14.2. The van der Waals surface area contributed by atoms with E-state index >= 15 is 0 Å². The van der Waals surface area contributed by atoms with Crippen molar-refractivity contribution in [3.8, 4) is 5.75 Å². The summed E-state index contributed by atoms with van der Waals surface area (Å²) in [5.74, 6) is 0.892. The number of fused-ring (bicyclic) bond motifs is 1. The number of ether oxygens (including phenoxy) is 1. The predicted molar refractivity (Wildman–Crippen MR) is 102 cm³/mol. The average molecular weight is 355 g/mol. The van der Waals surface area contributed by atoms with Gasteiger partial charge in [0.25, 0.3) is 4.84 Å². The number of methoxy groups -OCH3 is 1. The molecule has 2 aromatic carbocycles. The highest BCUT2D eigenvalue weighted by atomic mass is 32.1. The van der Waals surface area contributed by atoms with E-state index in [1.165, 1.54) is 5.69 Å². The monoisotopic (exact) mass is 355 g/mol. The Hall–Kier alpha value is -2.31. The van der Waals surface area contributed by atoms with E-state index < -0.39 is 0 Å². The highest BCUT2D eigenvalue weighted by Gasteiger charge is 2.18. The Bertz CT molecular complexity index is 908. The van der Waals surface area contributed by atoms with Gasteiger partial charge >= 0.3 is 0 Å². The van der Waals surface area contributed by atoms with Crippen LogP contribution in [0.2, 0.25) is 0 Å². The summed E-state index contributed by atoms with van der Waals surface area (Å²) in [6.45, 7) is 4.75. The zero-order chi connectivity index (χ0) is 17.2. The number of nitrogens with zero attached hydrogens (tertiary/aromatic N) is 3. The molecule has 25 heavy (non-hydrogen) atoms. The van der Waals surface area contributed by atoms with Crippen LogP contribution in [0.5, 0.6) is 5.75 Å². The van der Waals surface area contributed by atoms with E-state index in [1.807, 2.05) is 30.3 Å². The van der Waals surface area contributed by atoms with Gasteiger partial charge in [0.1, 0.15) is 5.75 Å². The van der Waals surface area contributed by atoms with E-state index in [4.69, 9.17) is 21.4 Å². The van der Waals surface area contributed by atoms with Crippen molar-refractivity contribution in [2.75, 3.05) is 38.2 Å². The van der Waals surface area contributed by atoms with Crippen LogP contribution >= 0.6 is 12.2 Å². The molecular formula is C19H21N3O2S. The molecule has 2 heterocycles. The summed E-state index contributed by atoms with van der Waals surface area (Å²) in [4.78, 5) is 5.36.